The van der Waals surface area contributed by atoms with Gasteiger partial charge in [0.05, 0.1) is 6.54 Å². The molecule has 0 spiro atoms. The Hall–Kier alpha value is -3.16. The van der Waals surface area contributed by atoms with Crippen molar-refractivity contribution in [1.82, 2.24) is 25.7 Å². The fourth-order valence-electron chi connectivity index (χ4n) is 2.65. The van der Waals surface area contributed by atoms with Crippen molar-refractivity contribution >= 4 is 17.8 Å². The Morgan fingerprint density at radius 2 is 2.08 bits per heavy atom. The Bertz CT molecular complexity index is 772. The number of carbonyl (C=O) groups is 3. The van der Waals surface area contributed by atoms with E-state index in [1.165, 1.54) is 0 Å². The van der Waals surface area contributed by atoms with Crippen molar-refractivity contribution in [2.24, 2.45) is 0 Å². The molecule has 1 atom stereocenters. The third-order valence-corrected chi connectivity index (χ3v) is 3.90. The number of carbonyl (C=O) groups excluding carboxylic acids is 3. The highest BCUT2D eigenvalue weighted by molar-refractivity contribution is 6.04. The number of amides is 4. The number of rotatable bonds is 7. The lowest BCUT2D eigenvalue weighted by Crippen LogP contribution is -2.31. The van der Waals surface area contributed by atoms with Gasteiger partial charge in [-0.15, -0.1) is 0 Å². The van der Waals surface area contributed by atoms with E-state index in [1.807, 2.05) is 41.2 Å². The number of aromatic nitrogens is 2. The minimum atomic E-state index is -0.629. The van der Waals surface area contributed by atoms with Gasteiger partial charge in [-0.1, -0.05) is 24.3 Å². The van der Waals surface area contributed by atoms with Gasteiger partial charge < -0.3 is 10.6 Å². The van der Waals surface area contributed by atoms with Crippen LogP contribution in [-0.4, -0.2) is 33.7 Å². The van der Waals surface area contributed by atoms with Crippen LogP contribution in [0.3, 0.4) is 0 Å². The molecule has 8 heteroatoms. The summed E-state index contributed by atoms with van der Waals surface area (Å²) >= 11 is 0. The van der Waals surface area contributed by atoms with Crippen molar-refractivity contribution in [2.45, 2.75) is 32.0 Å². The van der Waals surface area contributed by atoms with Gasteiger partial charge in [0, 0.05) is 25.4 Å². The first kappa shape index (κ1) is 16.7. The van der Waals surface area contributed by atoms with Crippen molar-refractivity contribution in [3.05, 3.63) is 53.9 Å². The zero-order chi connectivity index (χ0) is 17.6. The SMILES string of the molecule is O=C(CC[C@H]1NC(=O)NC1=O)NCc1cccc(Cn2cccn2)c1. The number of nitrogens with one attached hydrogen (secondary N) is 3. The van der Waals surface area contributed by atoms with Crippen molar-refractivity contribution in [3.63, 3.8) is 0 Å². The molecule has 3 rings (SSSR count). The van der Waals surface area contributed by atoms with Crippen molar-refractivity contribution in [2.75, 3.05) is 0 Å². The summed E-state index contributed by atoms with van der Waals surface area (Å²) in [7, 11) is 0. The highest BCUT2D eigenvalue weighted by Gasteiger charge is 2.29. The van der Waals surface area contributed by atoms with Gasteiger partial charge in [-0.25, -0.2) is 4.79 Å². The van der Waals surface area contributed by atoms with Crippen LogP contribution in [0, 0.1) is 0 Å². The summed E-state index contributed by atoms with van der Waals surface area (Å²) in [4.78, 5) is 34.4. The molecule has 0 saturated carbocycles. The molecule has 2 heterocycles. The molecule has 1 aliphatic heterocycles. The van der Waals surface area contributed by atoms with E-state index in [1.54, 1.807) is 6.20 Å². The highest BCUT2D eigenvalue weighted by atomic mass is 16.2. The van der Waals surface area contributed by atoms with Gasteiger partial charge in [-0.2, -0.15) is 5.10 Å². The average molecular weight is 341 g/mol. The first-order valence-electron chi connectivity index (χ1n) is 8.03. The first-order valence-corrected chi connectivity index (χ1v) is 8.03. The summed E-state index contributed by atoms with van der Waals surface area (Å²) in [5, 5.41) is 11.6. The number of urea groups is 1. The van der Waals surface area contributed by atoms with E-state index in [-0.39, 0.29) is 24.7 Å². The summed E-state index contributed by atoms with van der Waals surface area (Å²) in [6.07, 6.45) is 4.08. The molecule has 1 aromatic carbocycles. The lowest BCUT2D eigenvalue weighted by molar-refractivity contribution is -0.122. The van der Waals surface area contributed by atoms with Crippen LogP contribution in [0.4, 0.5) is 4.79 Å². The maximum atomic E-state index is 11.9. The van der Waals surface area contributed by atoms with Gasteiger partial charge in [0.2, 0.25) is 5.91 Å². The molecule has 2 aromatic rings. The number of benzene rings is 1. The number of nitrogens with zero attached hydrogens (tertiary/aromatic N) is 2. The molecule has 1 aliphatic rings. The maximum absolute atomic E-state index is 11.9. The van der Waals surface area contributed by atoms with E-state index in [9.17, 15) is 14.4 Å². The van der Waals surface area contributed by atoms with Crippen LogP contribution in [0.1, 0.15) is 24.0 Å². The summed E-state index contributed by atoms with van der Waals surface area (Å²) in [5.74, 6) is -0.546. The smallest absolute Gasteiger partial charge is 0.322 e. The zero-order valence-electron chi connectivity index (χ0n) is 13.6. The zero-order valence-corrected chi connectivity index (χ0v) is 13.6. The molecule has 1 fully saturated rings. The third kappa shape index (κ3) is 4.66. The normalized spacial score (nSPS) is 16.4. The Morgan fingerprint density at radius 1 is 1.24 bits per heavy atom. The molecular formula is C17H19N5O3. The monoisotopic (exact) mass is 341 g/mol. The molecule has 3 N–H and O–H groups in total. The molecule has 0 unspecified atom stereocenters. The quantitative estimate of drug-likeness (QED) is 0.639. The lowest BCUT2D eigenvalue weighted by Gasteiger charge is -2.09. The van der Waals surface area contributed by atoms with Gasteiger partial charge in [-0.05, 0) is 23.6 Å². The predicted octanol–water partition coefficient (Wildman–Crippen LogP) is 0.536. The molecule has 25 heavy (non-hydrogen) atoms. The number of hydrogen-bond acceptors (Lipinski definition) is 4. The van der Waals surface area contributed by atoms with E-state index >= 15 is 0 Å². The second-order valence-corrected chi connectivity index (χ2v) is 5.85. The van der Waals surface area contributed by atoms with Crippen molar-refractivity contribution in [1.29, 1.82) is 0 Å². The van der Waals surface area contributed by atoms with Gasteiger partial charge in [0.15, 0.2) is 0 Å². The summed E-state index contributed by atoms with van der Waals surface area (Å²) < 4.78 is 1.83. The fraction of sp³-hybridized carbons (Fsp3) is 0.294. The van der Waals surface area contributed by atoms with Gasteiger partial charge in [0.25, 0.3) is 5.91 Å². The van der Waals surface area contributed by atoms with E-state index in [0.717, 1.165) is 11.1 Å². The minimum Gasteiger partial charge on any atom is -0.352 e. The van der Waals surface area contributed by atoms with Crippen LogP contribution in [0.15, 0.2) is 42.7 Å². The molecule has 1 saturated heterocycles. The highest BCUT2D eigenvalue weighted by Crippen LogP contribution is 2.08. The topological polar surface area (TPSA) is 105 Å². The van der Waals surface area contributed by atoms with Gasteiger partial charge in [0.1, 0.15) is 6.04 Å². The second kappa shape index (κ2) is 7.61. The summed E-state index contributed by atoms with van der Waals surface area (Å²) in [5.41, 5.74) is 2.09. The average Bonchev–Trinajstić information content (AvgIpc) is 3.20. The molecule has 1 aromatic heterocycles. The molecule has 0 radical (unpaired) electrons. The van der Waals surface area contributed by atoms with Crippen molar-refractivity contribution in [3.8, 4) is 0 Å². The number of imide groups is 1. The summed E-state index contributed by atoms with van der Waals surface area (Å²) in [6.45, 7) is 1.08. The number of hydrogen-bond donors (Lipinski definition) is 3. The van der Waals surface area contributed by atoms with Crippen LogP contribution >= 0.6 is 0 Å². The van der Waals surface area contributed by atoms with E-state index in [4.69, 9.17) is 0 Å². The van der Waals surface area contributed by atoms with Crippen molar-refractivity contribution < 1.29 is 14.4 Å². The largest absolute Gasteiger partial charge is 0.352 e. The molecule has 130 valence electrons. The van der Waals surface area contributed by atoms with Crippen LogP contribution in [0.5, 0.6) is 0 Å². The molecular weight excluding hydrogens is 322 g/mol. The van der Waals surface area contributed by atoms with E-state index < -0.39 is 12.1 Å². The van der Waals surface area contributed by atoms with Crippen LogP contribution < -0.4 is 16.0 Å². The van der Waals surface area contributed by atoms with E-state index in [2.05, 4.69) is 21.0 Å². The molecule has 0 aliphatic carbocycles. The molecule has 0 bridgehead atoms. The Labute approximate surface area is 144 Å². The third-order valence-electron chi connectivity index (χ3n) is 3.90. The Morgan fingerprint density at radius 3 is 2.80 bits per heavy atom. The second-order valence-electron chi connectivity index (χ2n) is 5.85. The molecule has 4 amide bonds. The Balaban J connectivity index is 1.45. The first-order chi connectivity index (χ1) is 12.1. The fourth-order valence-corrected chi connectivity index (χ4v) is 2.65. The Kier molecular flexibility index (Phi) is 5.08. The standard InChI is InChI=1S/C17H19N5O3/c23-15(6-5-14-16(24)21-17(25)20-14)18-10-12-3-1-4-13(9-12)11-22-8-2-7-19-22/h1-4,7-9,14H,5-6,10-11H2,(H,18,23)(H2,20,21,24,25)/t14-/m1/s1. The minimum absolute atomic E-state index is 0.161. The molecule has 8 nitrogen and oxygen atoms in total. The lowest BCUT2D eigenvalue weighted by atomic mass is 10.1. The predicted molar refractivity (Wildman–Crippen MR) is 89.3 cm³/mol. The maximum Gasteiger partial charge on any atom is 0.322 e. The van der Waals surface area contributed by atoms with Crippen LogP contribution in [0.25, 0.3) is 0 Å². The van der Waals surface area contributed by atoms with Gasteiger partial charge >= 0.3 is 6.03 Å². The van der Waals surface area contributed by atoms with E-state index in [0.29, 0.717) is 13.1 Å². The summed E-state index contributed by atoms with van der Waals surface area (Å²) in [6, 6.07) is 8.65. The van der Waals surface area contributed by atoms with Crippen LogP contribution in [-0.2, 0) is 22.7 Å². The van der Waals surface area contributed by atoms with Gasteiger partial charge in [-0.3, -0.25) is 19.6 Å². The van der Waals surface area contributed by atoms with Crippen LogP contribution in [0.2, 0.25) is 0 Å².